The Bertz CT molecular complexity index is 363. The molecule has 0 aromatic rings. The van der Waals surface area contributed by atoms with E-state index in [4.69, 9.17) is 5.11 Å². The molecule has 2 N–H and O–H groups in total. The summed E-state index contributed by atoms with van der Waals surface area (Å²) in [5.74, 6) is -0.765. The Morgan fingerprint density at radius 2 is 1.81 bits per heavy atom. The minimum atomic E-state index is -0.765. The third kappa shape index (κ3) is 4.57. The molecule has 2 fully saturated rings. The number of carboxylic acid groups (broad SMARTS) is 1. The molecule has 2 heterocycles. The number of carbonyl (C=O) groups is 2. The number of amides is 2. The molecule has 0 atom stereocenters. The lowest BCUT2D eigenvalue weighted by atomic mass is 10.1. The molecule has 0 spiro atoms. The maximum absolute atomic E-state index is 12.5. The van der Waals surface area contributed by atoms with Gasteiger partial charge in [-0.2, -0.15) is 0 Å². The molecule has 2 rings (SSSR count). The molecule has 7 heteroatoms. The van der Waals surface area contributed by atoms with Crippen LogP contribution in [0.3, 0.4) is 0 Å². The summed E-state index contributed by atoms with van der Waals surface area (Å²) in [4.78, 5) is 28.9. The van der Waals surface area contributed by atoms with Gasteiger partial charge >= 0.3 is 12.0 Å². The van der Waals surface area contributed by atoms with E-state index < -0.39 is 5.97 Å². The van der Waals surface area contributed by atoms with Crippen molar-refractivity contribution in [2.75, 3.05) is 52.9 Å². The van der Waals surface area contributed by atoms with E-state index in [0.717, 1.165) is 39.0 Å². The fourth-order valence-corrected chi connectivity index (χ4v) is 2.99. The first-order valence-corrected chi connectivity index (χ1v) is 7.74. The molecule has 21 heavy (non-hydrogen) atoms. The standard InChI is InChI=1S/C14H26N4O3/c1-16(12-2-5-15-6-3-12)14(21)18-10-8-17(9-11-18)7-4-13(19)20/h12,15H,2-11H2,1H3,(H,19,20). The molecule has 0 unspecified atom stereocenters. The summed E-state index contributed by atoms with van der Waals surface area (Å²) in [5, 5.41) is 12.0. The van der Waals surface area contributed by atoms with Gasteiger partial charge in [0, 0.05) is 45.8 Å². The number of nitrogens with one attached hydrogen (secondary N) is 1. The molecule has 2 amide bonds. The maximum Gasteiger partial charge on any atom is 0.320 e. The first kappa shape index (κ1) is 16.0. The molecule has 2 aliphatic heterocycles. The van der Waals surface area contributed by atoms with E-state index in [1.807, 2.05) is 16.8 Å². The molecule has 120 valence electrons. The molecule has 0 aromatic heterocycles. The van der Waals surface area contributed by atoms with Crippen LogP contribution in [0.2, 0.25) is 0 Å². The summed E-state index contributed by atoms with van der Waals surface area (Å²) in [5.41, 5.74) is 0. The van der Waals surface area contributed by atoms with Crippen molar-refractivity contribution < 1.29 is 14.7 Å². The van der Waals surface area contributed by atoms with E-state index in [9.17, 15) is 9.59 Å². The zero-order valence-corrected chi connectivity index (χ0v) is 12.8. The summed E-state index contributed by atoms with van der Waals surface area (Å²) in [6.45, 7) is 5.43. The van der Waals surface area contributed by atoms with Crippen molar-refractivity contribution in [3.8, 4) is 0 Å². The quantitative estimate of drug-likeness (QED) is 0.757. The molecular formula is C14H26N4O3. The molecule has 7 nitrogen and oxygen atoms in total. The minimum absolute atomic E-state index is 0.111. The Morgan fingerprint density at radius 3 is 2.38 bits per heavy atom. The van der Waals surface area contributed by atoms with Crippen LogP contribution in [-0.2, 0) is 4.79 Å². The fourth-order valence-electron chi connectivity index (χ4n) is 2.99. The van der Waals surface area contributed by atoms with Gasteiger partial charge in [0.1, 0.15) is 0 Å². The third-order valence-corrected chi connectivity index (χ3v) is 4.44. The Balaban J connectivity index is 1.75. The predicted octanol–water partition coefficient (Wildman–Crippen LogP) is -0.117. The molecule has 0 radical (unpaired) electrons. The predicted molar refractivity (Wildman–Crippen MR) is 79.3 cm³/mol. The van der Waals surface area contributed by atoms with E-state index in [0.29, 0.717) is 25.7 Å². The summed E-state index contributed by atoms with van der Waals surface area (Å²) >= 11 is 0. The molecular weight excluding hydrogens is 272 g/mol. The van der Waals surface area contributed by atoms with E-state index in [2.05, 4.69) is 10.2 Å². The van der Waals surface area contributed by atoms with Crippen LogP contribution in [0.25, 0.3) is 0 Å². The topological polar surface area (TPSA) is 76.1 Å². The number of hydrogen-bond donors (Lipinski definition) is 2. The number of nitrogens with zero attached hydrogens (tertiary/aromatic N) is 3. The van der Waals surface area contributed by atoms with Gasteiger partial charge in [-0.1, -0.05) is 0 Å². The van der Waals surface area contributed by atoms with E-state index in [-0.39, 0.29) is 12.5 Å². The van der Waals surface area contributed by atoms with Crippen LogP contribution in [0.4, 0.5) is 4.79 Å². The number of piperidine rings is 1. The molecule has 2 saturated heterocycles. The Labute approximate surface area is 125 Å². The van der Waals surface area contributed by atoms with Gasteiger partial charge in [-0.05, 0) is 25.9 Å². The summed E-state index contributed by atoms with van der Waals surface area (Å²) < 4.78 is 0. The van der Waals surface area contributed by atoms with Gasteiger partial charge in [-0.25, -0.2) is 4.79 Å². The number of hydrogen-bond acceptors (Lipinski definition) is 4. The smallest absolute Gasteiger partial charge is 0.320 e. The Morgan fingerprint density at radius 1 is 1.19 bits per heavy atom. The molecule has 0 bridgehead atoms. The highest BCUT2D eigenvalue weighted by Gasteiger charge is 2.28. The average molecular weight is 298 g/mol. The summed E-state index contributed by atoms with van der Waals surface area (Å²) in [7, 11) is 1.90. The molecule has 2 aliphatic rings. The van der Waals surface area contributed by atoms with Crippen molar-refractivity contribution in [3.63, 3.8) is 0 Å². The second kappa shape index (κ2) is 7.61. The normalized spacial score (nSPS) is 21.3. The van der Waals surface area contributed by atoms with Crippen LogP contribution >= 0.6 is 0 Å². The van der Waals surface area contributed by atoms with Crippen LogP contribution in [0, 0.1) is 0 Å². The van der Waals surface area contributed by atoms with Gasteiger partial charge in [0.15, 0.2) is 0 Å². The van der Waals surface area contributed by atoms with Crippen LogP contribution in [0.15, 0.2) is 0 Å². The largest absolute Gasteiger partial charge is 0.481 e. The second-order valence-electron chi connectivity index (χ2n) is 5.85. The van der Waals surface area contributed by atoms with Crippen molar-refractivity contribution in [1.82, 2.24) is 20.0 Å². The van der Waals surface area contributed by atoms with Crippen LogP contribution in [0.1, 0.15) is 19.3 Å². The third-order valence-electron chi connectivity index (χ3n) is 4.44. The van der Waals surface area contributed by atoms with Crippen molar-refractivity contribution in [1.29, 1.82) is 0 Å². The fraction of sp³-hybridized carbons (Fsp3) is 0.857. The van der Waals surface area contributed by atoms with Gasteiger partial charge in [-0.15, -0.1) is 0 Å². The van der Waals surface area contributed by atoms with Crippen molar-refractivity contribution in [2.45, 2.75) is 25.3 Å². The monoisotopic (exact) mass is 298 g/mol. The Hall–Kier alpha value is -1.34. The number of carboxylic acids is 1. The average Bonchev–Trinajstić information content (AvgIpc) is 2.53. The summed E-state index contributed by atoms with van der Waals surface area (Å²) in [6.07, 6.45) is 2.20. The zero-order chi connectivity index (χ0) is 15.2. The highest BCUT2D eigenvalue weighted by atomic mass is 16.4. The van der Waals surface area contributed by atoms with Crippen LogP contribution in [0.5, 0.6) is 0 Å². The van der Waals surface area contributed by atoms with Crippen molar-refractivity contribution in [3.05, 3.63) is 0 Å². The Kier molecular flexibility index (Phi) is 5.81. The highest BCUT2D eigenvalue weighted by Crippen LogP contribution is 2.13. The lowest BCUT2D eigenvalue weighted by molar-refractivity contribution is -0.137. The van der Waals surface area contributed by atoms with E-state index in [1.165, 1.54) is 0 Å². The highest BCUT2D eigenvalue weighted by molar-refractivity contribution is 5.74. The van der Waals surface area contributed by atoms with Crippen molar-refractivity contribution >= 4 is 12.0 Å². The first-order valence-electron chi connectivity index (χ1n) is 7.74. The van der Waals surface area contributed by atoms with Crippen LogP contribution < -0.4 is 5.32 Å². The second-order valence-corrected chi connectivity index (χ2v) is 5.85. The number of carbonyl (C=O) groups excluding carboxylic acids is 1. The van der Waals surface area contributed by atoms with Crippen LogP contribution in [-0.4, -0.2) is 90.7 Å². The number of rotatable bonds is 4. The van der Waals surface area contributed by atoms with Crippen molar-refractivity contribution in [2.24, 2.45) is 0 Å². The zero-order valence-electron chi connectivity index (χ0n) is 12.8. The number of aliphatic carboxylic acids is 1. The lowest BCUT2D eigenvalue weighted by Gasteiger charge is -2.39. The molecule has 0 saturated carbocycles. The van der Waals surface area contributed by atoms with Gasteiger partial charge in [0.25, 0.3) is 0 Å². The van der Waals surface area contributed by atoms with Gasteiger partial charge in [0.2, 0.25) is 0 Å². The maximum atomic E-state index is 12.5. The first-order chi connectivity index (χ1) is 10.1. The lowest BCUT2D eigenvalue weighted by Crippen LogP contribution is -2.55. The number of urea groups is 1. The molecule has 0 aromatic carbocycles. The SMILES string of the molecule is CN(C(=O)N1CCN(CCC(=O)O)CC1)C1CCNCC1. The number of piperazine rings is 1. The van der Waals surface area contributed by atoms with Gasteiger partial charge in [0.05, 0.1) is 6.42 Å². The van der Waals surface area contributed by atoms with E-state index >= 15 is 0 Å². The van der Waals surface area contributed by atoms with Gasteiger partial charge < -0.3 is 20.2 Å². The summed E-state index contributed by atoms with van der Waals surface area (Å²) in [6, 6.07) is 0.448. The minimum Gasteiger partial charge on any atom is -0.481 e. The molecule has 0 aliphatic carbocycles. The van der Waals surface area contributed by atoms with Gasteiger partial charge in [-0.3, -0.25) is 9.69 Å². The van der Waals surface area contributed by atoms with E-state index in [1.54, 1.807) is 0 Å².